The highest BCUT2D eigenvalue weighted by molar-refractivity contribution is 6.35. The first-order valence-electron chi connectivity index (χ1n) is 21.7. The lowest BCUT2D eigenvalue weighted by Gasteiger charge is -2.29. The molecule has 13 rings (SSSR count). The van der Waals surface area contributed by atoms with Gasteiger partial charge in [-0.1, -0.05) is 139 Å². The molecule has 13 aromatic rings. The minimum atomic E-state index is -0.0868. The SMILES string of the molecule is CC(C)(C)c1cc(N(c2ccccc2)c2ccccc2)c2c(c1)c1c3ccccc3cc3c4cc5c(cc4n2c31)c1cc(C(C)(C)C)cc2c3ccc4ccccc4c3n5c12. The number of benzene rings is 9. The highest BCUT2D eigenvalue weighted by atomic mass is 15.2. The van der Waals surface area contributed by atoms with Crippen molar-refractivity contribution < 1.29 is 0 Å². The fraction of sp³-hybridized carbons (Fsp3) is 0.138. The van der Waals surface area contributed by atoms with Gasteiger partial charge in [-0.25, -0.2) is 0 Å². The first kappa shape index (κ1) is 34.7. The second-order valence-corrected chi connectivity index (χ2v) is 19.4. The van der Waals surface area contributed by atoms with Gasteiger partial charge in [0.15, 0.2) is 0 Å². The van der Waals surface area contributed by atoms with E-state index < -0.39 is 0 Å². The molecule has 0 unspecified atom stereocenters. The van der Waals surface area contributed by atoms with Gasteiger partial charge in [0.2, 0.25) is 0 Å². The van der Waals surface area contributed by atoms with E-state index in [0.717, 1.165) is 11.4 Å². The van der Waals surface area contributed by atoms with Crippen molar-refractivity contribution in [2.24, 2.45) is 0 Å². The minimum Gasteiger partial charge on any atom is -0.308 e. The average molecular weight is 784 g/mol. The first-order valence-corrected chi connectivity index (χ1v) is 21.7. The van der Waals surface area contributed by atoms with Gasteiger partial charge >= 0.3 is 0 Å². The Hall–Kier alpha value is -7.10. The van der Waals surface area contributed by atoms with Gasteiger partial charge in [-0.05, 0) is 105 Å². The Balaban J connectivity index is 1.29. The van der Waals surface area contributed by atoms with Crippen LogP contribution < -0.4 is 4.90 Å². The van der Waals surface area contributed by atoms with E-state index in [1.165, 1.54) is 115 Å². The Morgan fingerprint density at radius 3 is 1.48 bits per heavy atom. The van der Waals surface area contributed by atoms with Crippen LogP contribution >= 0.6 is 0 Å². The maximum atomic E-state index is 2.63. The largest absolute Gasteiger partial charge is 0.308 e. The number of aromatic nitrogens is 2. The summed E-state index contributed by atoms with van der Waals surface area (Å²) >= 11 is 0. The molecule has 0 aliphatic heterocycles. The Labute approximate surface area is 354 Å². The average Bonchev–Trinajstić information content (AvgIpc) is 3.98. The predicted octanol–water partition coefficient (Wildman–Crippen LogP) is 16.4. The van der Waals surface area contributed by atoms with Gasteiger partial charge in [0.05, 0.1) is 38.8 Å². The number of rotatable bonds is 3. The second-order valence-electron chi connectivity index (χ2n) is 19.4. The van der Waals surface area contributed by atoms with Gasteiger partial charge in [0.1, 0.15) is 0 Å². The van der Waals surface area contributed by atoms with Gasteiger partial charge in [-0.3, -0.25) is 0 Å². The van der Waals surface area contributed by atoms with Crippen LogP contribution in [-0.4, -0.2) is 8.80 Å². The van der Waals surface area contributed by atoms with Gasteiger partial charge in [-0.2, -0.15) is 0 Å². The van der Waals surface area contributed by atoms with Crippen LogP contribution in [0, 0.1) is 0 Å². The number of nitrogens with zero attached hydrogens (tertiary/aromatic N) is 3. The molecule has 0 aliphatic carbocycles. The Bertz CT molecular complexity index is 3890. The van der Waals surface area contributed by atoms with Crippen molar-refractivity contribution >= 4 is 115 Å². The van der Waals surface area contributed by atoms with E-state index in [-0.39, 0.29) is 10.8 Å². The summed E-state index contributed by atoms with van der Waals surface area (Å²) in [6.45, 7) is 14.1. The summed E-state index contributed by atoms with van der Waals surface area (Å²) in [6, 6.07) is 61.9. The summed E-state index contributed by atoms with van der Waals surface area (Å²) in [5, 5.41) is 15.6. The zero-order valence-corrected chi connectivity index (χ0v) is 35.4. The zero-order chi connectivity index (χ0) is 41.1. The van der Waals surface area contributed by atoms with Crippen molar-refractivity contribution in [3.8, 4) is 0 Å². The number of anilines is 3. The second kappa shape index (κ2) is 11.8. The molecule has 3 heteroatoms. The van der Waals surface area contributed by atoms with Crippen LogP contribution in [0.3, 0.4) is 0 Å². The van der Waals surface area contributed by atoms with Gasteiger partial charge in [0.25, 0.3) is 0 Å². The molecule has 0 bridgehead atoms. The quantitative estimate of drug-likeness (QED) is 0.174. The molecule has 9 aromatic carbocycles. The smallest absolute Gasteiger partial charge is 0.0783 e. The standard InChI is InChI=1S/C58H45N3/c1-57(2,3)36-28-46-42-26-25-34-17-13-16-24-41(34)53(42)60-49-32-43-45-27-35-18-14-15-23-40(35)52-48-30-37(58(4,5)6)31-51(59(38-19-9-7-10-20-38)39-21-11-8-12-22-39)55(48)61(56(45)52)50(43)33-44(49)47(29-36)54(46)60/h7-33H,1-6H3. The first-order chi connectivity index (χ1) is 29.5. The van der Waals surface area contributed by atoms with Crippen LogP contribution in [0.4, 0.5) is 17.1 Å². The summed E-state index contributed by atoms with van der Waals surface area (Å²) in [7, 11) is 0. The van der Waals surface area contributed by atoms with E-state index in [0.29, 0.717) is 0 Å². The topological polar surface area (TPSA) is 12.1 Å². The Morgan fingerprint density at radius 2 is 0.836 bits per heavy atom. The van der Waals surface area contributed by atoms with Crippen LogP contribution in [0.15, 0.2) is 164 Å². The van der Waals surface area contributed by atoms with Crippen LogP contribution in [0.1, 0.15) is 52.7 Å². The number of hydrogen-bond donors (Lipinski definition) is 0. The lowest BCUT2D eigenvalue weighted by molar-refractivity contribution is 0.591. The summed E-state index contributed by atoms with van der Waals surface area (Å²) in [5.41, 5.74) is 13.6. The molecule has 4 heterocycles. The lowest BCUT2D eigenvalue weighted by atomic mass is 9.85. The Morgan fingerprint density at radius 1 is 0.344 bits per heavy atom. The van der Waals surface area contributed by atoms with Gasteiger partial charge in [-0.15, -0.1) is 0 Å². The molecular formula is C58H45N3. The molecular weight excluding hydrogens is 739 g/mol. The van der Waals surface area contributed by atoms with Gasteiger partial charge < -0.3 is 13.7 Å². The molecule has 0 amide bonds. The zero-order valence-electron chi connectivity index (χ0n) is 35.4. The number of para-hydroxylation sites is 2. The molecule has 4 aromatic heterocycles. The highest BCUT2D eigenvalue weighted by Gasteiger charge is 2.30. The Kier molecular flexibility index (Phi) is 6.72. The molecule has 292 valence electrons. The van der Waals surface area contributed by atoms with E-state index in [2.05, 4.69) is 219 Å². The fourth-order valence-electron chi connectivity index (χ4n) is 10.8. The van der Waals surface area contributed by atoms with Crippen molar-refractivity contribution in [2.75, 3.05) is 4.90 Å². The van der Waals surface area contributed by atoms with E-state index in [9.17, 15) is 0 Å². The highest BCUT2D eigenvalue weighted by Crippen LogP contribution is 2.51. The normalized spacial score (nSPS) is 13.1. The molecule has 0 spiro atoms. The van der Waals surface area contributed by atoms with E-state index >= 15 is 0 Å². The summed E-state index contributed by atoms with van der Waals surface area (Å²) in [4.78, 5) is 2.48. The molecule has 0 radical (unpaired) electrons. The minimum absolute atomic E-state index is 0.0213. The van der Waals surface area contributed by atoms with E-state index in [4.69, 9.17) is 0 Å². The van der Waals surface area contributed by atoms with Crippen LogP contribution in [-0.2, 0) is 10.8 Å². The maximum Gasteiger partial charge on any atom is 0.0783 e. The third-order valence-electron chi connectivity index (χ3n) is 13.8. The number of hydrogen-bond acceptors (Lipinski definition) is 1. The molecule has 3 nitrogen and oxygen atoms in total. The number of fused-ring (bicyclic) bond motifs is 16. The summed E-state index contributed by atoms with van der Waals surface area (Å²) in [5.74, 6) is 0. The van der Waals surface area contributed by atoms with Crippen molar-refractivity contribution in [2.45, 2.75) is 52.4 Å². The van der Waals surface area contributed by atoms with E-state index in [1.807, 2.05) is 0 Å². The lowest BCUT2D eigenvalue weighted by Crippen LogP contribution is -2.15. The van der Waals surface area contributed by atoms with E-state index in [1.54, 1.807) is 0 Å². The van der Waals surface area contributed by atoms with Gasteiger partial charge in [0, 0.05) is 59.9 Å². The monoisotopic (exact) mass is 783 g/mol. The third-order valence-corrected chi connectivity index (χ3v) is 13.8. The molecule has 0 atom stereocenters. The summed E-state index contributed by atoms with van der Waals surface area (Å²) in [6.07, 6.45) is 0. The van der Waals surface area contributed by atoms with Crippen molar-refractivity contribution in [3.05, 3.63) is 175 Å². The third kappa shape index (κ3) is 4.64. The molecule has 61 heavy (non-hydrogen) atoms. The molecule has 0 saturated heterocycles. The maximum absolute atomic E-state index is 2.63. The van der Waals surface area contributed by atoms with Crippen LogP contribution in [0.25, 0.3) is 97.7 Å². The van der Waals surface area contributed by atoms with Crippen molar-refractivity contribution in [3.63, 3.8) is 0 Å². The van der Waals surface area contributed by atoms with Crippen molar-refractivity contribution in [1.82, 2.24) is 8.80 Å². The van der Waals surface area contributed by atoms with Crippen molar-refractivity contribution in [1.29, 1.82) is 0 Å². The molecule has 0 saturated carbocycles. The predicted molar refractivity (Wildman–Crippen MR) is 263 cm³/mol. The van der Waals surface area contributed by atoms with Crippen LogP contribution in [0.5, 0.6) is 0 Å². The molecule has 0 N–H and O–H groups in total. The fourth-order valence-corrected chi connectivity index (χ4v) is 10.8. The summed E-state index contributed by atoms with van der Waals surface area (Å²) < 4.78 is 5.23. The van der Waals surface area contributed by atoms with Crippen LogP contribution in [0.2, 0.25) is 0 Å². The molecule has 0 fully saturated rings. The molecule has 0 aliphatic rings.